The van der Waals surface area contributed by atoms with Gasteiger partial charge in [0.15, 0.2) is 9.84 Å². The summed E-state index contributed by atoms with van der Waals surface area (Å²) in [4.78, 5) is 16.9. The van der Waals surface area contributed by atoms with Gasteiger partial charge in [-0.2, -0.15) is 5.10 Å². The van der Waals surface area contributed by atoms with E-state index in [0.717, 1.165) is 16.3 Å². The highest BCUT2D eigenvalue weighted by molar-refractivity contribution is 7.91. The lowest BCUT2D eigenvalue weighted by Gasteiger charge is -2.13. The van der Waals surface area contributed by atoms with Crippen molar-refractivity contribution in [2.75, 3.05) is 16.8 Å². The number of thiazole rings is 1. The van der Waals surface area contributed by atoms with Gasteiger partial charge in [-0.15, -0.1) is 11.3 Å². The minimum Gasteiger partial charge on any atom is -0.487 e. The number of hydrogen-bond donors (Lipinski definition) is 1. The predicted molar refractivity (Wildman–Crippen MR) is 125 cm³/mol. The zero-order chi connectivity index (χ0) is 22.7. The van der Waals surface area contributed by atoms with Crippen LogP contribution in [0, 0.1) is 13.8 Å². The van der Waals surface area contributed by atoms with Crippen molar-refractivity contribution in [1.82, 2.24) is 14.8 Å². The van der Waals surface area contributed by atoms with Gasteiger partial charge in [0.05, 0.1) is 33.9 Å². The third kappa shape index (κ3) is 5.63. The van der Waals surface area contributed by atoms with Crippen LogP contribution >= 0.6 is 11.3 Å². The molecule has 1 aliphatic heterocycles. The number of hydrogen-bond acceptors (Lipinski definition) is 7. The highest BCUT2D eigenvalue weighted by Gasteiger charge is 2.31. The average Bonchev–Trinajstić information content (AvgIpc) is 3.43. The molecule has 0 saturated carbocycles. The first-order valence-corrected chi connectivity index (χ1v) is 12.9. The number of nitrogens with one attached hydrogen (secondary N) is 1. The van der Waals surface area contributed by atoms with Crippen molar-refractivity contribution in [1.29, 1.82) is 0 Å². The van der Waals surface area contributed by atoms with Crippen molar-refractivity contribution in [3.63, 3.8) is 0 Å². The SMILES string of the molecule is Cc1cc(NC(=O)/C=C/c2cccc(OCc3csc(C)n3)c2)n(C2CCS(=O)(=O)C2)n1. The van der Waals surface area contributed by atoms with E-state index in [2.05, 4.69) is 15.4 Å². The van der Waals surface area contributed by atoms with Crippen molar-refractivity contribution in [2.24, 2.45) is 0 Å². The number of ether oxygens (including phenoxy) is 1. The summed E-state index contributed by atoms with van der Waals surface area (Å²) < 4.78 is 31.0. The van der Waals surface area contributed by atoms with Crippen LogP contribution < -0.4 is 10.1 Å². The highest BCUT2D eigenvalue weighted by Crippen LogP contribution is 2.27. The van der Waals surface area contributed by atoms with E-state index in [-0.39, 0.29) is 23.5 Å². The van der Waals surface area contributed by atoms with Gasteiger partial charge in [0, 0.05) is 17.5 Å². The van der Waals surface area contributed by atoms with Crippen molar-refractivity contribution in [3.8, 4) is 5.75 Å². The van der Waals surface area contributed by atoms with Crippen LogP contribution in [0.3, 0.4) is 0 Å². The quantitative estimate of drug-likeness (QED) is 0.528. The maximum absolute atomic E-state index is 12.5. The van der Waals surface area contributed by atoms with Crippen molar-refractivity contribution >= 4 is 39.0 Å². The number of anilines is 1. The van der Waals surface area contributed by atoms with Crippen molar-refractivity contribution < 1.29 is 17.9 Å². The zero-order valence-electron chi connectivity index (χ0n) is 17.8. The summed E-state index contributed by atoms with van der Waals surface area (Å²) in [6, 6.07) is 8.92. The first-order chi connectivity index (χ1) is 15.3. The molecule has 1 saturated heterocycles. The lowest BCUT2D eigenvalue weighted by Crippen LogP contribution is -2.18. The van der Waals surface area contributed by atoms with E-state index in [9.17, 15) is 13.2 Å². The summed E-state index contributed by atoms with van der Waals surface area (Å²) in [5.74, 6) is 1.05. The number of benzene rings is 1. The molecule has 3 heterocycles. The standard InChI is InChI=1S/C22H24N4O4S2/c1-15-10-21(26(25-15)19-8-9-32(28,29)14-19)24-22(27)7-6-17-4-3-5-20(11-17)30-12-18-13-31-16(2)23-18/h3-7,10-11,13,19H,8-9,12,14H2,1-2H3,(H,24,27)/b7-6+. The van der Waals surface area contributed by atoms with Crippen molar-refractivity contribution in [2.45, 2.75) is 32.9 Å². The summed E-state index contributed by atoms with van der Waals surface area (Å²) in [6.45, 7) is 4.15. The Morgan fingerprint density at radius 2 is 2.19 bits per heavy atom. The summed E-state index contributed by atoms with van der Waals surface area (Å²) in [5, 5.41) is 10.2. The summed E-state index contributed by atoms with van der Waals surface area (Å²) in [7, 11) is -3.05. The maximum atomic E-state index is 12.5. The molecule has 1 aromatic carbocycles. The van der Waals surface area contributed by atoms with Gasteiger partial charge in [0.2, 0.25) is 5.91 Å². The molecule has 0 bridgehead atoms. The minimum absolute atomic E-state index is 0.0418. The molecule has 0 aliphatic carbocycles. The summed E-state index contributed by atoms with van der Waals surface area (Å²) in [5.41, 5.74) is 2.42. The largest absolute Gasteiger partial charge is 0.487 e. The van der Waals surface area contributed by atoms with Crippen LogP contribution in [0.25, 0.3) is 6.08 Å². The lowest BCUT2D eigenvalue weighted by atomic mass is 10.2. The zero-order valence-corrected chi connectivity index (χ0v) is 19.4. The van der Waals surface area contributed by atoms with Gasteiger partial charge in [-0.1, -0.05) is 12.1 Å². The molecule has 1 atom stereocenters. The lowest BCUT2D eigenvalue weighted by molar-refractivity contribution is -0.111. The highest BCUT2D eigenvalue weighted by atomic mass is 32.2. The molecule has 3 aromatic rings. The Morgan fingerprint density at radius 3 is 2.91 bits per heavy atom. The van der Waals surface area contributed by atoms with Gasteiger partial charge >= 0.3 is 0 Å². The fourth-order valence-electron chi connectivity index (χ4n) is 3.54. The Hall–Kier alpha value is -2.98. The number of amides is 1. The van der Waals surface area contributed by atoms with Gasteiger partial charge < -0.3 is 10.1 Å². The van der Waals surface area contributed by atoms with Crippen LogP contribution in [0.4, 0.5) is 5.82 Å². The topological polar surface area (TPSA) is 103 Å². The smallest absolute Gasteiger partial charge is 0.249 e. The molecule has 8 nitrogen and oxygen atoms in total. The van der Waals surface area contributed by atoms with Crippen LogP contribution in [-0.4, -0.2) is 40.6 Å². The van der Waals surface area contributed by atoms with Crippen LogP contribution in [0.5, 0.6) is 5.75 Å². The van der Waals surface area contributed by atoms with E-state index in [1.807, 2.05) is 43.5 Å². The number of aromatic nitrogens is 3. The molecule has 0 spiro atoms. The van der Waals surface area contributed by atoms with Crippen LogP contribution in [0.15, 0.2) is 41.8 Å². The number of carbonyl (C=O) groups is 1. The molecule has 1 unspecified atom stereocenters. The fourth-order valence-corrected chi connectivity index (χ4v) is 5.83. The Labute approximate surface area is 190 Å². The minimum atomic E-state index is -3.05. The number of carbonyl (C=O) groups excluding carboxylic acids is 1. The average molecular weight is 473 g/mol. The van der Waals surface area contributed by atoms with E-state index < -0.39 is 9.84 Å². The maximum Gasteiger partial charge on any atom is 0.249 e. The molecule has 10 heteroatoms. The van der Waals surface area contributed by atoms with E-state index >= 15 is 0 Å². The Bertz CT molecular complexity index is 1260. The van der Waals surface area contributed by atoms with E-state index in [1.54, 1.807) is 28.2 Å². The molecule has 1 aliphatic rings. The number of aryl methyl sites for hydroxylation is 2. The van der Waals surface area contributed by atoms with E-state index in [1.165, 1.54) is 6.08 Å². The van der Waals surface area contributed by atoms with E-state index in [0.29, 0.717) is 30.3 Å². The molecule has 2 aromatic heterocycles. The Balaban J connectivity index is 1.39. The molecular formula is C22H24N4O4S2. The molecule has 1 fully saturated rings. The van der Waals surface area contributed by atoms with Crippen LogP contribution in [0.2, 0.25) is 0 Å². The molecule has 168 valence electrons. The van der Waals surface area contributed by atoms with Crippen molar-refractivity contribution in [3.05, 3.63) is 63.7 Å². The van der Waals surface area contributed by atoms with Gasteiger partial charge in [-0.25, -0.2) is 18.1 Å². The number of nitrogens with zero attached hydrogens (tertiary/aromatic N) is 3. The second-order valence-corrected chi connectivity index (χ2v) is 11.0. The van der Waals surface area contributed by atoms with Gasteiger partial charge in [-0.05, 0) is 44.0 Å². The monoisotopic (exact) mass is 472 g/mol. The molecule has 1 amide bonds. The molecule has 1 N–H and O–H groups in total. The Kier molecular flexibility index (Phi) is 6.43. The normalized spacial score (nSPS) is 17.6. The summed E-state index contributed by atoms with van der Waals surface area (Å²) >= 11 is 1.58. The number of rotatable bonds is 7. The van der Waals surface area contributed by atoms with Gasteiger partial charge in [0.1, 0.15) is 18.2 Å². The van der Waals surface area contributed by atoms with Crippen LogP contribution in [-0.2, 0) is 21.2 Å². The molecule has 4 rings (SSSR count). The molecular weight excluding hydrogens is 448 g/mol. The van der Waals surface area contributed by atoms with Crippen LogP contribution in [0.1, 0.15) is 34.4 Å². The third-order valence-electron chi connectivity index (χ3n) is 5.00. The van der Waals surface area contributed by atoms with Gasteiger partial charge in [-0.3, -0.25) is 4.79 Å². The second-order valence-electron chi connectivity index (χ2n) is 7.71. The number of sulfone groups is 1. The first kappa shape index (κ1) is 22.2. The third-order valence-corrected chi connectivity index (χ3v) is 7.57. The fraction of sp³-hybridized carbons (Fsp3) is 0.318. The molecule has 0 radical (unpaired) electrons. The first-order valence-electron chi connectivity index (χ1n) is 10.2. The molecule has 32 heavy (non-hydrogen) atoms. The van der Waals surface area contributed by atoms with Gasteiger partial charge in [0.25, 0.3) is 0 Å². The predicted octanol–water partition coefficient (Wildman–Crippen LogP) is 3.55. The van der Waals surface area contributed by atoms with E-state index in [4.69, 9.17) is 4.74 Å². The Morgan fingerprint density at radius 1 is 1.34 bits per heavy atom. The summed E-state index contributed by atoms with van der Waals surface area (Å²) in [6.07, 6.45) is 3.62. The second kappa shape index (κ2) is 9.25.